The van der Waals surface area contributed by atoms with E-state index in [1.54, 1.807) is 27.7 Å². The van der Waals surface area contributed by atoms with Crippen LogP contribution in [0.4, 0.5) is 0 Å². The highest BCUT2D eigenvalue weighted by Crippen LogP contribution is 2.36. The van der Waals surface area contributed by atoms with Gasteiger partial charge in [0, 0.05) is 16.2 Å². The summed E-state index contributed by atoms with van der Waals surface area (Å²) in [5.41, 5.74) is -2.82. The van der Waals surface area contributed by atoms with E-state index in [9.17, 15) is 4.79 Å². The average Bonchev–Trinajstić information content (AvgIpc) is 2.54. The van der Waals surface area contributed by atoms with Gasteiger partial charge in [0.25, 0.3) is 0 Å². The Morgan fingerprint density at radius 1 is 1.24 bits per heavy atom. The van der Waals surface area contributed by atoms with E-state index in [0.717, 1.165) is 0 Å². The summed E-state index contributed by atoms with van der Waals surface area (Å²) in [4.78, 5) is 11.9. The van der Waals surface area contributed by atoms with Gasteiger partial charge in [0.05, 0.1) is 13.9 Å². The van der Waals surface area contributed by atoms with Crippen molar-refractivity contribution < 1.29 is 20.6 Å². The summed E-state index contributed by atoms with van der Waals surface area (Å²) < 4.78 is 53.9. The Hall–Kier alpha value is -1.07. The molecule has 2 rings (SSSR count). The SMILES string of the molecule is [2H]c1c(B2OC(C)(C)C(C)(C)O2)oc(C([2H])([2H])[2H])c([2H])c1=O. The average molecular weight is 241 g/mol. The lowest BCUT2D eigenvalue weighted by molar-refractivity contribution is 0.00578. The highest BCUT2D eigenvalue weighted by Gasteiger charge is 2.53. The van der Waals surface area contributed by atoms with Crippen molar-refractivity contribution in [3.8, 4) is 0 Å². The first-order valence-corrected chi connectivity index (χ1v) is 5.28. The summed E-state index contributed by atoms with van der Waals surface area (Å²) in [6.07, 6.45) is 0. The Bertz CT molecular complexity index is 649. The first-order chi connectivity index (χ1) is 9.78. The molecular weight excluding hydrogens is 219 g/mol. The fourth-order valence-electron chi connectivity index (χ4n) is 1.46. The highest BCUT2D eigenvalue weighted by molar-refractivity contribution is 6.60. The van der Waals surface area contributed by atoms with Crippen molar-refractivity contribution in [2.45, 2.75) is 45.7 Å². The standard InChI is InChI=1S/C12H17BO4/c1-8-6-9(14)7-10(15-8)13-16-11(2,3)12(4,5)17-13/h6-7H,1-5H3/i1D3,6D,7D. The maximum Gasteiger partial charge on any atom is 0.532 e. The normalized spacial score (nSPS) is 26.8. The van der Waals surface area contributed by atoms with Gasteiger partial charge in [-0.05, 0) is 34.5 Å². The van der Waals surface area contributed by atoms with Crippen molar-refractivity contribution in [2.24, 2.45) is 0 Å². The Morgan fingerprint density at radius 3 is 2.35 bits per heavy atom. The number of aryl methyl sites for hydroxylation is 1. The third kappa shape index (κ3) is 2.17. The molecule has 1 aromatic rings. The molecule has 5 heteroatoms. The summed E-state index contributed by atoms with van der Waals surface area (Å²) in [6.45, 7) is 4.33. The van der Waals surface area contributed by atoms with Crippen LogP contribution in [0, 0.1) is 6.85 Å². The Morgan fingerprint density at radius 2 is 1.82 bits per heavy atom. The lowest BCUT2D eigenvalue weighted by Crippen LogP contribution is -2.41. The van der Waals surface area contributed by atoms with E-state index in [0.29, 0.717) is 0 Å². The summed E-state index contributed by atoms with van der Waals surface area (Å²) in [7, 11) is -1.17. The second kappa shape index (κ2) is 3.72. The maximum atomic E-state index is 11.9. The molecule has 0 aromatic carbocycles. The van der Waals surface area contributed by atoms with Crippen molar-refractivity contribution in [3.05, 3.63) is 28.1 Å². The molecule has 0 radical (unpaired) electrons. The minimum absolute atomic E-state index is 0.328. The third-order valence-electron chi connectivity index (χ3n) is 3.14. The van der Waals surface area contributed by atoms with Gasteiger partial charge >= 0.3 is 7.12 Å². The largest absolute Gasteiger partial charge is 0.532 e. The van der Waals surface area contributed by atoms with Crippen LogP contribution in [-0.2, 0) is 9.31 Å². The van der Waals surface area contributed by atoms with E-state index in [1.165, 1.54) is 0 Å². The van der Waals surface area contributed by atoms with Gasteiger partial charge in [-0.25, -0.2) is 0 Å². The molecule has 1 aromatic heterocycles. The monoisotopic (exact) mass is 241 g/mol. The van der Waals surface area contributed by atoms with E-state index in [1.807, 2.05) is 0 Å². The molecule has 4 nitrogen and oxygen atoms in total. The summed E-state index contributed by atoms with van der Waals surface area (Å²) >= 11 is 0. The maximum absolute atomic E-state index is 11.9. The van der Waals surface area contributed by atoms with E-state index in [-0.39, 0.29) is 5.66 Å². The van der Waals surface area contributed by atoms with Crippen molar-refractivity contribution in [3.63, 3.8) is 0 Å². The van der Waals surface area contributed by atoms with E-state index < -0.39 is 48.4 Å². The molecule has 0 atom stereocenters. The van der Waals surface area contributed by atoms with Crippen molar-refractivity contribution in [2.75, 3.05) is 0 Å². The van der Waals surface area contributed by atoms with Crippen LogP contribution in [0.5, 0.6) is 0 Å². The van der Waals surface area contributed by atoms with Crippen LogP contribution in [0.15, 0.2) is 21.3 Å². The minimum Gasteiger partial charge on any atom is -0.470 e. The molecule has 0 bridgehead atoms. The van der Waals surface area contributed by atoms with Crippen LogP contribution in [-0.4, -0.2) is 18.3 Å². The predicted molar refractivity (Wildman–Crippen MR) is 65.4 cm³/mol. The number of hydrogen-bond acceptors (Lipinski definition) is 4. The molecule has 0 unspecified atom stereocenters. The van der Waals surface area contributed by atoms with Crippen LogP contribution < -0.4 is 11.1 Å². The zero-order valence-corrected chi connectivity index (χ0v) is 10.2. The van der Waals surface area contributed by atoms with E-state index in [2.05, 4.69) is 0 Å². The zero-order valence-electron chi connectivity index (χ0n) is 15.2. The summed E-state index contributed by atoms with van der Waals surface area (Å²) in [5.74, 6) is -0.766. The van der Waals surface area contributed by atoms with Gasteiger partial charge in [-0.3, -0.25) is 4.79 Å². The summed E-state index contributed by atoms with van der Waals surface area (Å²) in [6, 6.07) is -1.47. The molecule has 0 spiro atoms. The fourth-order valence-corrected chi connectivity index (χ4v) is 1.46. The van der Waals surface area contributed by atoms with Crippen molar-refractivity contribution in [1.29, 1.82) is 0 Å². The first-order valence-electron chi connectivity index (χ1n) is 7.78. The Balaban J connectivity index is 2.59. The fraction of sp³-hybridized carbons (Fsp3) is 0.583. The Kier molecular flexibility index (Phi) is 1.61. The van der Waals surface area contributed by atoms with Crippen molar-refractivity contribution in [1.82, 2.24) is 0 Å². The van der Waals surface area contributed by atoms with E-state index >= 15 is 0 Å². The van der Waals surface area contributed by atoms with Crippen molar-refractivity contribution >= 4 is 12.8 Å². The van der Waals surface area contributed by atoms with E-state index in [4.69, 9.17) is 20.6 Å². The van der Waals surface area contributed by atoms with Gasteiger partial charge in [-0.2, -0.15) is 0 Å². The molecule has 2 heterocycles. The van der Waals surface area contributed by atoms with Gasteiger partial charge in [0.1, 0.15) is 11.4 Å². The smallest absolute Gasteiger partial charge is 0.470 e. The number of rotatable bonds is 1. The molecule has 1 saturated heterocycles. The second-order valence-corrected chi connectivity index (χ2v) is 4.96. The molecule has 17 heavy (non-hydrogen) atoms. The molecule has 0 amide bonds. The molecule has 0 N–H and O–H groups in total. The second-order valence-electron chi connectivity index (χ2n) is 4.96. The molecule has 0 saturated carbocycles. The highest BCUT2D eigenvalue weighted by atomic mass is 16.7. The molecule has 0 aliphatic carbocycles. The van der Waals surface area contributed by atoms with Gasteiger partial charge in [-0.15, -0.1) is 0 Å². The van der Waals surface area contributed by atoms with Crippen LogP contribution in [0.25, 0.3) is 0 Å². The minimum atomic E-state index is -2.78. The van der Waals surface area contributed by atoms with Crippen LogP contribution in [0.2, 0.25) is 0 Å². The molecule has 92 valence electrons. The predicted octanol–water partition coefficient (Wildman–Crippen LogP) is 1.25. The molecular formula is C12H17BO4. The van der Waals surface area contributed by atoms with Crippen LogP contribution >= 0.6 is 0 Å². The third-order valence-corrected chi connectivity index (χ3v) is 3.14. The number of hydrogen-bond donors (Lipinski definition) is 0. The Labute approximate surface area is 108 Å². The lowest BCUT2D eigenvalue weighted by Gasteiger charge is -2.32. The molecule has 1 aliphatic rings. The topological polar surface area (TPSA) is 48.7 Å². The van der Waals surface area contributed by atoms with Gasteiger partial charge in [0.15, 0.2) is 5.43 Å². The van der Waals surface area contributed by atoms with Gasteiger partial charge in [-0.1, -0.05) is 0 Å². The lowest BCUT2D eigenvalue weighted by atomic mass is 9.85. The van der Waals surface area contributed by atoms with Gasteiger partial charge < -0.3 is 13.7 Å². The summed E-state index contributed by atoms with van der Waals surface area (Å²) in [5, 5.41) is 0. The first kappa shape index (κ1) is 7.39. The molecule has 1 aliphatic heterocycles. The zero-order chi connectivity index (χ0) is 17.1. The van der Waals surface area contributed by atoms with Crippen LogP contribution in [0.1, 0.15) is 40.3 Å². The van der Waals surface area contributed by atoms with Crippen LogP contribution in [0.3, 0.4) is 0 Å². The quantitative estimate of drug-likeness (QED) is 0.694. The molecule has 1 fully saturated rings. The van der Waals surface area contributed by atoms with Gasteiger partial charge in [0.2, 0.25) is 0 Å².